The lowest BCUT2D eigenvalue weighted by atomic mass is 10.2. The molecule has 0 aliphatic carbocycles. The summed E-state index contributed by atoms with van der Waals surface area (Å²) in [4.78, 5) is 0. The van der Waals surface area contributed by atoms with Crippen LogP contribution in [0.1, 0.15) is 12.5 Å². The maximum Gasteiger partial charge on any atom is 0.125 e. The number of nitrogens with one attached hydrogen (secondary N) is 1. The van der Waals surface area contributed by atoms with Crippen LogP contribution in [0.4, 0.5) is 10.1 Å². The van der Waals surface area contributed by atoms with E-state index in [1.54, 1.807) is 7.11 Å². The quantitative estimate of drug-likeness (QED) is 0.781. The van der Waals surface area contributed by atoms with Crippen LogP contribution in [0.5, 0.6) is 0 Å². The monoisotopic (exact) mass is 212 g/mol. The topological polar surface area (TPSA) is 47.3 Å². The molecule has 0 aliphatic heterocycles. The average Bonchev–Trinajstić information content (AvgIpc) is 2.25. The van der Waals surface area contributed by atoms with Crippen molar-refractivity contribution in [3.63, 3.8) is 0 Å². The lowest BCUT2D eigenvalue weighted by molar-refractivity contribution is 0.129. The highest BCUT2D eigenvalue weighted by Crippen LogP contribution is 2.13. The first-order valence-corrected chi connectivity index (χ1v) is 4.92. The van der Waals surface area contributed by atoms with Gasteiger partial charge in [0.25, 0.3) is 0 Å². The Hall–Kier alpha value is -1.13. The van der Waals surface area contributed by atoms with Crippen LogP contribution in [0.15, 0.2) is 18.2 Å². The number of rotatable bonds is 5. The Morgan fingerprint density at radius 1 is 1.47 bits per heavy atom. The molecule has 0 amide bonds. The maximum atomic E-state index is 13.1. The summed E-state index contributed by atoms with van der Waals surface area (Å²) in [5.74, 6) is -0.273. The molecular formula is C11H17FN2O. The van der Waals surface area contributed by atoms with Crippen molar-refractivity contribution >= 4 is 5.69 Å². The molecule has 1 atom stereocenters. The Kier molecular flexibility index (Phi) is 4.52. The first-order chi connectivity index (χ1) is 7.15. The molecule has 0 spiro atoms. The second-order valence-electron chi connectivity index (χ2n) is 3.48. The predicted molar refractivity (Wildman–Crippen MR) is 59.3 cm³/mol. The Balaban J connectivity index is 2.64. The Bertz CT molecular complexity index is 317. The molecule has 0 saturated carbocycles. The number of hydrogen-bond donors (Lipinski definition) is 2. The van der Waals surface area contributed by atoms with Gasteiger partial charge in [0.2, 0.25) is 0 Å². The molecule has 0 heterocycles. The van der Waals surface area contributed by atoms with E-state index in [0.717, 1.165) is 11.3 Å². The standard InChI is InChI=1S/C11H17FN2O/c1-8(15-2)7-14-11-4-9(6-13)3-10(12)5-11/h3-5,8,14H,6-7,13H2,1-2H3. The number of halogens is 1. The molecular weight excluding hydrogens is 195 g/mol. The van der Waals surface area contributed by atoms with E-state index in [-0.39, 0.29) is 11.9 Å². The molecule has 0 bridgehead atoms. The van der Waals surface area contributed by atoms with Gasteiger partial charge in [0.05, 0.1) is 6.10 Å². The van der Waals surface area contributed by atoms with Crippen LogP contribution in [-0.4, -0.2) is 19.8 Å². The molecule has 3 nitrogen and oxygen atoms in total. The molecule has 3 N–H and O–H groups in total. The summed E-state index contributed by atoms with van der Waals surface area (Å²) in [7, 11) is 1.64. The predicted octanol–water partition coefficient (Wildman–Crippen LogP) is 1.73. The zero-order valence-corrected chi connectivity index (χ0v) is 9.09. The molecule has 0 fully saturated rings. The number of hydrogen-bond acceptors (Lipinski definition) is 3. The number of nitrogens with two attached hydrogens (primary N) is 1. The van der Waals surface area contributed by atoms with E-state index in [4.69, 9.17) is 10.5 Å². The van der Waals surface area contributed by atoms with Crippen LogP contribution in [0.25, 0.3) is 0 Å². The largest absolute Gasteiger partial charge is 0.382 e. The summed E-state index contributed by atoms with van der Waals surface area (Å²) in [6.07, 6.45) is 0.0922. The zero-order valence-electron chi connectivity index (χ0n) is 9.09. The van der Waals surface area contributed by atoms with E-state index in [1.165, 1.54) is 12.1 Å². The highest BCUT2D eigenvalue weighted by Gasteiger charge is 2.02. The van der Waals surface area contributed by atoms with Crippen LogP contribution < -0.4 is 11.1 Å². The van der Waals surface area contributed by atoms with Crippen LogP contribution in [0, 0.1) is 5.82 Å². The third-order valence-electron chi connectivity index (χ3n) is 2.19. The number of anilines is 1. The lowest BCUT2D eigenvalue weighted by Gasteiger charge is -2.12. The van der Waals surface area contributed by atoms with Crippen LogP contribution in [-0.2, 0) is 11.3 Å². The molecule has 0 radical (unpaired) electrons. The normalized spacial score (nSPS) is 12.5. The van der Waals surface area contributed by atoms with Gasteiger partial charge in [0.1, 0.15) is 5.82 Å². The number of ether oxygens (including phenoxy) is 1. The number of methoxy groups -OCH3 is 1. The van der Waals surface area contributed by atoms with Crippen LogP contribution in [0.3, 0.4) is 0 Å². The Labute approximate surface area is 89.4 Å². The fourth-order valence-corrected chi connectivity index (χ4v) is 1.22. The first kappa shape index (κ1) is 11.9. The molecule has 84 valence electrons. The van der Waals surface area contributed by atoms with Crippen molar-refractivity contribution in [2.45, 2.75) is 19.6 Å². The third kappa shape index (κ3) is 3.85. The minimum atomic E-state index is -0.273. The zero-order chi connectivity index (χ0) is 11.3. The van der Waals surface area contributed by atoms with E-state index in [2.05, 4.69) is 5.32 Å². The molecule has 1 aromatic rings. The molecule has 0 aliphatic rings. The molecule has 1 rings (SSSR count). The van der Waals surface area contributed by atoms with Crippen molar-refractivity contribution in [3.05, 3.63) is 29.6 Å². The minimum absolute atomic E-state index is 0.0922. The van der Waals surface area contributed by atoms with E-state index >= 15 is 0 Å². The van der Waals surface area contributed by atoms with Gasteiger partial charge in [-0.2, -0.15) is 0 Å². The SMILES string of the molecule is COC(C)CNc1cc(F)cc(CN)c1. The van der Waals surface area contributed by atoms with Crippen molar-refractivity contribution in [3.8, 4) is 0 Å². The highest BCUT2D eigenvalue weighted by molar-refractivity contribution is 5.46. The average molecular weight is 212 g/mol. The fraction of sp³-hybridized carbons (Fsp3) is 0.455. The molecule has 4 heteroatoms. The smallest absolute Gasteiger partial charge is 0.125 e. The van der Waals surface area contributed by atoms with Crippen molar-refractivity contribution in [1.82, 2.24) is 0 Å². The van der Waals surface area contributed by atoms with E-state index in [0.29, 0.717) is 13.1 Å². The lowest BCUT2D eigenvalue weighted by Crippen LogP contribution is -2.18. The van der Waals surface area contributed by atoms with Crippen molar-refractivity contribution < 1.29 is 9.13 Å². The summed E-state index contributed by atoms with van der Waals surface area (Å²) in [6, 6.07) is 4.72. The van der Waals surface area contributed by atoms with Gasteiger partial charge in [-0.1, -0.05) is 0 Å². The van der Waals surface area contributed by atoms with E-state index in [9.17, 15) is 4.39 Å². The Morgan fingerprint density at radius 3 is 2.80 bits per heavy atom. The second-order valence-corrected chi connectivity index (χ2v) is 3.48. The van der Waals surface area contributed by atoms with Gasteiger partial charge in [0, 0.05) is 25.9 Å². The molecule has 15 heavy (non-hydrogen) atoms. The van der Waals surface area contributed by atoms with Crippen LogP contribution >= 0.6 is 0 Å². The third-order valence-corrected chi connectivity index (χ3v) is 2.19. The summed E-state index contributed by atoms with van der Waals surface area (Å²) < 4.78 is 18.2. The maximum absolute atomic E-state index is 13.1. The van der Waals surface area contributed by atoms with E-state index < -0.39 is 0 Å². The van der Waals surface area contributed by atoms with Gasteiger partial charge in [0.15, 0.2) is 0 Å². The van der Waals surface area contributed by atoms with E-state index in [1.807, 2.05) is 13.0 Å². The van der Waals surface area contributed by atoms with Crippen molar-refractivity contribution in [1.29, 1.82) is 0 Å². The molecule has 0 saturated heterocycles. The van der Waals surface area contributed by atoms with Gasteiger partial charge < -0.3 is 15.8 Å². The van der Waals surface area contributed by atoms with Crippen LogP contribution in [0.2, 0.25) is 0 Å². The fourth-order valence-electron chi connectivity index (χ4n) is 1.22. The number of benzene rings is 1. The van der Waals surface area contributed by atoms with Gasteiger partial charge in [-0.3, -0.25) is 0 Å². The summed E-state index contributed by atoms with van der Waals surface area (Å²) in [5.41, 5.74) is 6.97. The highest BCUT2D eigenvalue weighted by atomic mass is 19.1. The second kappa shape index (κ2) is 5.68. The molecule has 0 aromatic heterocycles. The van der Waals surface area contributed by atoms with Crippen molar-refractivity contribution in [2.75, 3.05) is 19.0 Å². The van der Waals surface area contributed by atoms with Crippen molar-refractivity contribution in [2.24, 2.45) is 5.73 Å². The first-order valence-electron chi connectivity index (χ1n) is 4.92. The Morgan fingerprint density at radius 2 is 2.20 bits per heavy atom. The van der Waals surface area contributed by atoms with Gasteiger partial charge in [-0.05, 0) is 30.7 Å². The molecule has 1 unspecified atom stereocenters. The van der Waals surface area contributed by atoms with Gasteiger partial charge >= 0.3 is 0 Å². The van der Waals surface area contributed by atoms with Gasteiger partial charge in [-0.15, -0.1) is 0 Å². The molecule has 1 aromatic carbocycles. The summed E-state index contributed by atoms with van der Waals surface area (Å²) in [5, 5.41) is 3.09. The summed E-state index contributed by atoms with van der Waals surface area (Å²) in [6.45, 7) is 2.92. The minimum Gasteiger partial charge on any atom is -0.382 e. The van der Waals surface area contributed by atoms with Gasteiger partial charge in [-0.25, -0.2) is 4.39 Å². The summed E-state index contributed by atoms with van der Waals surface area (Å²) >= 11 is 0.